The van der Waals surface area contributed by atoms with E-state index in [9.17, 15) is 4.79 Å². The monoisotopic (exact) mass is 490 g/mol. The summed E-state index contributed by atoms with van der Waals surface area (Å²) < 4.78 is 6.06. The molecule has 6 nitrogen and oxygen atoms in total. The molecule has 2 heterocycles. The van der Waals surface area contributed by atoms with Crippen molar-refractivity contribution in [1.82, 2.24) is 15.5 Å². The molecule has 4 aliphatic rings. The Kier molecular flexibility index (Phi) is 6.60. The molecule has 2 saturated heterocycles. The van der Waals surface area contributed by atoms with Gasteiger partial charge in [-0.2, -0.15) is 0 Å². The average molecular weight is 490 g/mol. The maximum atomic E-state index is 11.8. The minimum atomic E-state index is 0. The molecule has 27 heavy (non-hydrogen) atoms. The molecule has 4 fully saturated rings. The van der Waals surface area contributed by atoms with E-state index in [0.29, 0.717) is 24.0 Å². The quantitative estimate of drug-likeness (QED) is 0.363. The molecule has 154 valence electrons. The van der Waals surface area contributed by atoms with Crippen LogP contribution in [-0.4, -0.2) is 62.2 Å². The van der Waals surface area contributed by atoms with Crippen molar-refractivity contribution in [3.8, 4) is 0 Å². The first-order valence-corrected chi connectivity index (χ1v) is 10.5. The van der Waals surface area contributed by atoms with Crippen LogP contribution in [0.2, 0.25) is 0 Å². The number of hydrogen-bond donors (Lipinski definition) is 2. The van der Waals surface area contributed by atoms with Crippen LogP contribution in [0.15, 0.2) is 4.99 Å². The van der Waals surface area contributed by atoms with Crippen molar-refractivity contribution < 1.29 is 9.53 Å². The molecule has 0 aromatic heterocycles. The number of ether oxygens (including phenoxy) is 1. The summed E-state index contributed by atoms with van der Waals surface area (Å²) in [5.41, 5.74) is 0.412. The highest BCUT2D eigenvalue weighted by Crippen LogP contribution is 2.54. The molecule has 2 aliphatic carbocycles. The minimum Gasteiger partial charge on any atom is -0.378 e. The highest BCUT2D eigenvalue weighted by Gasteiger charge is 2.57. The Bertz CT molecular complexity index is 578. The lowest BCUT2D eigenvalue weighted by molar-refractivity contribution is -0.126. The Hall–Kier alpha value is -0.570. The highest BCUT2D eigenvalue weighted by molar-refractivity contribution is 14.0. The van der Waals surface area contributed by atoms with Gasteiger partial charge in [0.15, 0.2) is 5.96 Å². The Morgan fingerprint density at radius 1 is 1.33 bits per heavy atom. The van der Waals surface area contributed by atoms with Gasteiger partial charge >= 0.3 is 0 Å². The van der Waals surface area contributed by atoms with E-state index in [2.05, 4.69) is 27.4 Å². The molecule has 0 aromatic rings. The van der Waals surface area contributed by atoms with Gasteiger partial charge in [-0.1, -0.05) is 12.8 Å². The Balaban J connectivity index is 0.00000210. The number of halogens is 1. The van der Waals surface area contributed by atoms with Crippen LogP contribution in [0.25, 0.3) is 0 Å². The van der Waals surface area contributed by atoms with Crippen molar-refractivity contribution >= 4 is 35.8 Å². The number of hydrogen-bond acceptors (Lipinski definition) is 3. The second-order valence-electron chi connectivity index (χ2n) is 8.84. The average Bonchev–Trinajstić information content (AvgIpc) is 3.27. The van der Waals surface area contributed by atoms with Crippen molar-refractivity contribution in [1.29, 1.82) is 0 Å². The van der Waals surface area contributed by atoms with Crippen LogP contribution >= 0.6 is 24.0 Å². The van der Waals surface area contributed by atoms with Crippen molar-refractivity contribution in [3.05, 3.63) is 0 Å². The fraction of sp³-hybridized carbons (Fsp3) is 0.900. The van der Waals surface area contributed by atoms with Gasteiger partial charge in [-0.05, 0) is 39.0 Å². The first-order valence-electron chi connectivity index (χ1n) is 10.5. The maximum Gasteiger partial charge on any atom is 0.220 e. The van der Waals surface area contributed by atoms with Gasteiger partial charge in [-0.3, -0.25) is 9.79 Å². The van der Waals surface area contributed by atoms with E-state index in [-0.39, 0.29) is 35.3 Å². The predicted molar refractivity (Wildman–Crippen MR) is 117 cm³/mol. The molecule has 0 bridgehead atoms. The Labute approximate surface area is 180 Å². The lowest BCUT2D eigenvalue weighted by atomic mass is 9.60. The van der Waals surface area contributed by atoms with Crippen LogP contribution in [0.4, 0.5) is 0 Å². The summed E-state index contributed by atoms with van der Waals surface area (Å²) in [4.78, 5) is 18.8. The van der Waals surface area contributed by atoms with Gasteiger partial charge in [-0.25, -0.2) is 0 Å². The SMILES string of the molecule is CCOC1CC(NC(=NC)N2CCCC3(CNC(=O)C3)C2)C12CCCC2.I. The van der Waals surface area contributed by atoms with E-state index in [1.165, 1.54) is 25.7 Å². The van der Waals surface area contributed by atoms with Crippen molar-refractivity contribution in [2.24, 2.45) is 15.8 Å². The topological polar surface area (TPSA) is 66.0 Å². The summed E-state index contributed by atoms with van der Waals surface area (Å²) >= 11 is 0. The second kappa shape index (κ2) is 8.43. The summed E-state index contributed by atoms with van der Waals surface area (Å²) in [6.07, 6.45) is 9.62. The number of piperidine rings is 1. The molecule has 3 unspecified atom stereocenters. The number of aliphatic imine (C=N–C) groups is 1. The van der Waals surface area contributed by atoms with Crippen LogP contribution in [0, 0.1) is 10.8 Å². The maximum absolute atomic E-state index is 11.8. The largest absolute Gasteiger partial charge is 0.378 e. The molecule has 0 radical (unpaired) electrons. The lowest BCUT2D eigenvalue weighted by Crippen LogP contribution is -2.66. The third-order valence-corrected chi connectivity index (χ3v) is 7.36. The summed E-state index contributed by atoms with van der Waals surface area (Å²) in [5.74, 6) is 1.23. The van der Waals surface area contributed by atoms with Gasteiger partial charge in [0.05, 0.1) is 6.10 Å². The van der Waals surface area contributed by atoms with Gasteiger partial charge in [0, 0.05) is 56.6 Å². The molecule has 2 spiro atoms. The Morgan fingerprint density at radius 2 is 2.11 bits per heavy atom. The van der Waals surface area contributed by atoms with Crippen LogP contribution in [0.3, 0.4) is 0 Å². The summed E-state index contributed by atoms with van der Waals surface area (Å²) in [5, 5.41) is 6.84. The van der Waals surface area contributed by atoms with Gasteiger partial charge in [-0.15, -0.1) is 24.0 Å². The molecule has 0 aromatic carbocycles. The number of nitrogens with zero attached hydrogens (tertiary/aromatic N) is 2. The summed E-state index contributed by atoms with van der Waals surface area (Å²) in [6.45, 7) is 5.69. The molecule has 7 heteroatoms. The fourth-order valence-corrected chi connectivity index (χ4v) is 5.97. The zero-order valence-electron chi connectivity index (χ0n) is 16.8. The molecular weight excluding hydrogens is 455 g/mol. The van der Waals surface area contributed by atoms with Crippen molar-refractivity contribution in [3.63, 3.8) is 0 Å². The van der Waals surface area contributed by atoms with E-state index < -0.39 is 0 Å². The van der Waals surface area contributed by atoms with Crippen molar-refractivity contribution in [2.45, 2.75) is 70.4 Å². The first-order chi connectivity index (χ1) is 12.6. The summed E-state index contributed by atoms with van der Waals surface area (Å²) in [6, 6.07) is 0.474. The third kappa shape index (κ3) is 3.82. The molecular formula is C20H35IN4O2. The zero-order valence-corrected chi connectivity index (χ0v) is 19.1. The van der Waals surface area contributed by atoms with Crippen LogP contribution < -0.4 is 10.6 Å². The molecule has 2 aliphatic heterocycles. The molecule has 3 atom stereocenters. The number of carbonyl (C=O) groups is 1. The number of rotatable bonds is 3. The molecule has 4 rings (SSSR count). The number of likely N-dealkylation sites (tertiary alicyclic amines) is 1. The van der Waals surface area contributed by atoms with E-state index in [0.717, 1.165) is 51.5 Å². The van der Waals surface area contributed by atoms with E-state index in [1.807, 2.05) is 7.05 Å². The van der Waals surface area contributed by atoms with E-state index >= 15 is 0 Å². The summed E-state index contributed by atoms with van der Waals surface area (Å²) in [7, 11) is 1.89. The van der Waals surface area contributed by atoms with E-state index in [4.69, 9.17) is 4.74 Å². The van der Waals surface area contributed by atoms with Gasteiger partial charge in [0.25, 0.3) is 0 Å². The third-order valence-electron chi connectivity index (χ3n) is 7.36. The smallest absolute Gasteiger partial charge is 0.220 e. The molecule has 1 amide bonds. The zero-order chi connectivity index (χ0) is 18.2. The number of nitrogens with one attached hydrogen (secondary N) is 2. The standard InChI is InChI=1S/C20H34N4O2.HI/c1-3-26-16-11-15(20(16)8-4-5-9-20)23-18(21-2)24-10-6-7-19(14-24)12-17(25)22-13-19;/h15-16H,3-14H2,1-2H3,(H,21,23)(H,22,25);1H. The molecule has 2 saturated carbocycles. The lowest BCUT2D eigenvalue weighted by Gasteiger charge is -2.55. The minimum absolute atomic E-state index is 0. The number of amides is 1. The van der Waals surface area contributed by atoms with Crippen molar-refractivity contribution in [2.75, 3.05) is 33.3 Å². The normalized spacial score (nSPS) is 35.1. The van der Waals surface area contributed by atoms with Gasteiger partial charge < -0.3 is 20.3 Å². The predicted octanol–water partition coefficient (Wildman–Crippen LogP) is 2.52. The number of carbonyl (C=O) groups excluding carboxylic acids is 1. The van der Waals surface area contributed by atoms with E-state index in [1.54, 1.807) is 0 Å². The highest BCUT2D eigenvalue weighted by atomic mass is 127. The molecule has 2 N–H and O–H groups in total. The van der Waals surface area contributed by atoms with Gasteiger partial charge in [0.2, 0.25) is 5.91 Å². The Morgan fingerprint density at radius 3 is 2.74 bits per heavy atom. The first kappa shape index (κ1) is 21.1. The fourth-order valence-electron chi connectivity index (χ4n) is 5.97. The number of guanidine groups is 1. The van der Waals surface area contributed by atoms with Gasteiger partial charge in [0.1, 0.15) is 0 Å². The second-order valence-corrected chi connectivity index (χ2v) is 8.84. The van der Waals surface area contributed by atoms with Crippen LogP contribution in [0.1, 0.15) is 58.3 Å². The van der Waals surface area contributed by atoms with Crippen LogP contribution in [-0.2, 0) is 9.53 Å². The van der Waals surface area contributed by atoms with Crippen LogP contribution in [0.5, 0.6) is 0 Å².